The fourth-order valence-corrected chi connectivity index (χ4v) is 3.75. The van der Waals surface area contributed by atoms with E-state index in [-0.39, 0.29) is 5.82 Å². The van der Waals surface area contributed by atoms with Gasteiger partial charge in [0.25, 0.3) is 0 Å². The van der Waals surface area contributed by atoms with E-state index in [1.165, 1.54) is 12.1 Å². The Morgan fingerprint density at radius 3 is 1.70 bits per heavy atom. The molecule has 0 aliphatic heterocycles. The molecule has 0 radical (unpaired) electrons. The van der Waals surface area contributed by atoms with Crippen molar-refractivity contribution in [2.24, 2.45) is 0 Å². The van der Waals surface area contributed by atoms with E-state index in [2.05, 4.69) is 26.0 Å². The molecule has 4 rings (SSSR count). The Bertz CT molecular complexity index is 858. The summed E-state index contributed by atoms with van der Waals surface area (Å²) in [5.74, 6) is -0.302. The summed E-state index contributed by atoms with van der Waals surface area (Å²) in [6, 6.07) is 18.1. The maximum Gasteiger partial charge on any atom is 0.141 e. The minimum atomic E-state index is -1.24. The first-order chi connectivity index (χ1) is 11.0. The van der Waals surface area contributed by atoms with Crippen LogP contribution >= 0.6 is 0 Å². The first kappa shape index (κ1) is 14.2. The van der Waals surface area contributed by atoms with Gasteiger partial charge in [-0.2, -0.15) is 0 Å². The van der Waals surface area contributed by atoms with E-state index < -0.39 is 5.60 Å². The highest BCUT2D eigenvalue weighted by molar-refractivity contribution is 5.86. The van der Waals surface area contributed by atoms with Crippen molar-refractivity contribution < 1.29 is 9.50 Å². The molecule has 0 atom stereocenters. The molecular formula is C21H17FO. The highest BCUT2D eigenvalue weighted by Crippen LogP contribution is 2.52. The number of benzene rings is 3. The summed E-state index contributed by atoms with van der Waals surface area (Å²) in [6.07, 6.45) is 0. The lowest BCUT2D eigenvalue weighted by Crippen LogP contribution is -2.26. The summed E-state index contributed by atoms with van der Waals surface area (Å²) in [6.45, 7) is 4.12. The third-order valence-corrected chi connectivity index (χ3v) is 4.84. The quantitative estimate of drug-likeness (QED) is 0.690. The van der Waals surface area contributed by atoms with Crippen LogP contribution in [0.15, 0.2) is 60.7 Å². The third kappa shape index (κ3) is 1.82. The molecule has 2 heteroatoms. The van der Waals surface area contributed by atoms with Crippen molar-refractivity contribution in [2.45, 2.75) is 19.4 Å². The zero-order valence-electron chi connectivity index (χ0n) is 13.1. The Morgan fingerprint density at radius 1 is 0.739 bits per heavy atom. The zero-order valence-corrected chi connectivity index (χ0v) is 13.1. The molecule has 0 aromatic heterocycles. The Hall–Kier alpha value is -2.45. The SMILES string of the molecule is Cc1cccc2c1-c1c(C)cccc1C2(O)c1ccc(F)cc1. The lowest BCUT2D eigenvalue weighted by molar-refractivity contribution is 0.130. The maximum atomic E-state index is 13.3. The molecule has 3 aromatic carbocycles. The van der Waals surface area contributed by atoms with E-state index in [1.54, 1.807) is 12.1 Å². The summed E-state index contributed by atoms with van der Waals surface area (Å²) in [5.41, 5.74) is 5.64. The molecule has 3 aromatic rings. The van der Waals surface area contributed by atoms with Crippen LogP contribution in [0.3, 0.4) is 0 Å². The monoisotopic (exact) mass is 304 g/mol. The second-order valence-corrected chi connectivity index (χ2v) is 6.21. The average Bonchev–Trinajstić information content (AvgIpc) is 2.81. The van der Waals surface area contributed by atoms with Gasteiger partial charge in [-0.05, 0) is 53.8 Å². The topological polar surface area (TPSA) is 20.2 Å². The third-order valence-electron chi connectivity index (χ3n) is 4.84. The molecule has 23 heavy (non-hydrogen) atoms. The highest BCUT2D eigenvalue weighted by atomic mass is 19.1. The summed E-state index contributed by atoms with van der Waals surface area (Å²) in [7, 11) is 0. The number of aliphatic hydroxyl groups is 1. The van der Waals surface area contributed by atoms with Crippen LogP contribution in [0, 0.1) is 19.7 Å². The van der Waals surface area contributed by atoms with Gasteiger partial charge in [0.05, 0.1) is 0 Å². The number of hydrogen-bond acceptors (Lipinski definition) is 1. The predicted molar refractivity (Wildman–Crippen MR) is 89.9 cm³/mol. The van der Waals surface area contributed by atoms with Crippen LogP contribution in [0.5, 0.6) is 0 Å². The molecule has 0 saturated heterocycles. The summed E-state index contributed by atoms with van der Waals surface area (Å²) in [4.78, 5) is 0. The minimum Gasteiger partial charge on any atom is -0.376 e. The van der Waals surface area contributed by atoms with Gasteiger partial charge in [-0.25, -0.2) is 4.39 Å². The normalized spacial score (nSPS) is 14.4. The standard InChI is InChI=1S/C21H17FO/c1-13-5-3-7-17-19(13)20-14(2)6-4-8-18(20)21(17,23)15-9-11-16(22)12-10-15/h3-12,23H,1-2H3. The van der Waals surface area contributed by atoms with Crippen molar-refractivity contribution in [1.29, 1.82) is 0 Å². The number of halogens is 1. The van der Waals surface area contributed by atoms with Gasteiger partial charge in [0.1, 0.15) is 11.4 Å². The molecule has 0 spiro atoms. The Morgan fingerprint density at radius 2 is 1.22 bits per heavy atom. The molecule has 1 nitrogen and oxygen atoms in total. The fraction of sp³-hybridized carbons (Fsp3) is 0.143. The summed E-state index contributed by atoms with van der Waals surface area (Å²) in [5, 5.41) is 11.7. The molecule has 1 N–H and O–H groups in total. The molecule has 1 aliphatic rings. The molecule has 0 heterocycles. The number of hydrogen-bond donors (Lipinski definition) is 1. The average molecular weight is 304 g/mol. The molecule has 1 aliphatic carbocycles. The van der Waals surface area contributed by atoms with Crippen LogP contribution in [0.4, 0.5) is 4.39 Å². The molecular weight excluding hydrogens is 287 g/mol. The van der Waals surface area contributed by atoms with Crippen molar-refractivity contribution in [3.63, 3.8) is 0 Å². The first-order valence-corrected chi connectivity index (χ1v) is 7.72. The van der Waals surface area contributed by atoms with Gasteiger partial charge in [-0.3, -0.25) is 0 Å². The zero-order chi connectivity index (χ0) is 16.2. The maximum absolute atomic E-state index is 13.3. The van der Waals surface area contributed by atoms with Crippen LogP contribution in [-0.2, 0) is 5.60 Å². The van der Waals surface area contributed by atoms with Gasteiger partial charge in [0.2, 0.25) is 0 Å². The van der Waals surface area contributed by atoms with Crippen LogP contribution in [-0.4, -0.2) is 5.11 Å². The largest absolute Gasteiger partial charge is 0.376 e. The fourth-order valence-electron chi connectivity index (χ4n) is 3.75. The molecule has 0 bridgehead atoms. The van der Waals surface area contributed by atoms with Gasteiger partial charge in [-0.15, -0.1) is 0 Å². The lowest BCUT2D eigenvalue weighted by Gasteiger charge is -2.26. The Balaban J connectivity index is 2.12. The van der Waals surface area contributed by atoms with Gasteiger partial charge >= 0.3 is 0 Å². The van der Waals surface area contributed by atoms with Gasteiger partial charge < -0.3 is 5.11 Å². The van der Waals surface area contributed by atoms with Crippen molar-refractivity contribution in [2.75, 3.05) is 0 Å². The summed E-state index contributed by atoms with van der Waals surface area (Å²) >= 11 is 0. The van der Waals surface area contributed by atoms with Gasteiger partial charge in [0.15, 0.2) is 0 Å². The van der Waals surface area contributed by atoms with E-state index in [0.29, 0.717) is 5.56 Å². The molecule has 0 unspecified atom stereocenters. The van der Waals surface area contributed by atoms with Crippen LogP contribution in [0.25, 0.3) is 11.1 Å². The van der Waals surface area contributed by atoms with Crippen LogP contribution < -0.4 is 0 Å². The molecule has 114 valence electrons. The van der Waals surface area contributed by atoms with E-state index in [0.717, 1.165) is 33.4 Å². The number of fused-ring (bicyclic) bond motifs is 3. The molecule has 0 saturated carbocycles. The minimum absolute atomic E-state index is 0.302. The smallest absolute Gasteiger partial charge is 0.141 e. The number of rotatable bonds is 1. The van der Waals surface area contributed by atoms with Gasteiger partial charge in [0, 0.05) is 11.1 Å². The number of aryl methyl sites for hydroxylation is 2. The Kier molecular flexibility index (Phi) is 2.94. The first-order valence-electron chi connectivity index (χ1n) is 7.72. The van der Waals surface area contributed by atoms with Crippen molar-refractivity contribution >= 4 is 0 Å². The van der Waals surface area contributed by atoms with E-state index >= 15 is 0 Å². The van der Waals surface area contributed by atoms with Gasteiger partial charge in [-0.1, -0.05) is 48.5 Å². The molecule has 0 fully saturated rings. The van der Waals surface area contributed by atoms with Crippen molar-refractivity contribution in [3.8, 4) is 11.1 Å². The van der Waals surface area contributed by atoms with Crippen molar-refractivity contribution in [1.82, 2.24) is 0 Å². The van der Waals surface area contributed by atoms with Crippen molar-refractivity contribution in [3.05, 3.63) is 94.3 Å². The predicted octanol–water partition coefficient (Wildman–Crippen LogP) is 4.71. The van der Waals surface area contributed by atoms with E-state index in [1.807, 2.05) is 24.3 Å². The molecule has 0 amide bonds. The highest BCUT2D eigenvalue weighted by Gasteiger charge is 2.44. The van der Waals surface area contributed by atoms with Crippen LogP contribution in [0.2, 0.25) is 0 Å². The lowest BCUT2D eigenvalue weighted by atomic mass is 9.84. The second-order valence-electron chi connectivity index (χ2n) is 6.21. The van der Waals surface area contributed by atoms with Crippen LogP contribution in [0.1, 0.15) is 27.8 Å². The second kappa shape index (κ2) is 4.77. The van der Waals surface area contributed by atoms with E-state index in [4.69, 9.17) is 0 Å². The Labute approximate surface area is 135 Å². The summed E-state index contributed by atoms with van der Waals surface area (Å²) < 4.78 is 13.3. The van der Waals surface area contributed by atoms with E-state index in [9.17, 15) is 9.50 Å².